The van der Waals surface area contributed by atoms with Crippen LogP contribution >= 0.6 is 0 Å². The van der Waals surface area contributed by atoms with E-state index < -0.39 is 0 Å². The summed E-state index contributed by atoms with van der Waals surface area (Å²) in [6.07, 6.45) is 10.4. The summed E-state index contributed by atoms with van der Waals surface area (Å²) in [5.41, 5.74) is 0.973. The number of nitrogens with one attached hydrogen (secondary N) is 1. The van der Waals surface area contributed by atoms with Crippen molar-refractivity contribution in [3.05, 3.63) is 0 Å². The summed E-state index contributed by atoms with van der Waals surface area (Å²) < 4.78 is 0. The zero-order valence-electron chi connectivity index (χ0n) is 11.1. The van der Waals surface area contributed by atoms with Crippen LogP contribution in [0.15, 0.2) is 0 Å². The van der Waals surface area contributed by atoms with Crippen LogP contribution in [0.5, 0.6) is 0 Å². The monoisotopic (exact) mass is 219 g/mol. The molecule has 0 aliphatic heterocycles. The summed E-state index contributed by atoms with van der Waals surface area (Å²) in [5.74, 6) is 3.67. The molecule has 4 atom stereocenters. The predicted octanol–water partition coefficient (Wildman–Crippen LogP) is 3.20. The first-order valence-electron chi connectivity index (χ1n) is 6.61. The van der Waals surface area contributed by atoms with Gasteiger partial charge in [-0.3, -0.25) is 0 Å². The Balaban J connectivity index is 2.07. The van der Waals surface area contributed by atoms with Crippen molar-refractivity contribution in [2.45, 2.75) is 65.5 Å². The molecule has 0 amide bonds. The largest absolute Gasteiger partial charge is 0.310 e. The second kappa shape index (κ2) is 3.77. The molecule has 1 N–H and O–H groups in total. The molecule has 1 heteroatoms. The molecule has 0 heterocycles. The molecule has 2 bridgehead atoms. The van der Waals surface area contributed by atoms with E-state index in [-0.39, 0.29) is 0 Å². The van der Waals surface area contributed by atoms with Gasteiger partial charge in [0, 0.05) is 18.5 Å². The van der Waals surface area contributed by atoms with Gasteiger partial charge in [-0.25, -0.2) is 0 Å². The molecule has 16 heavy (non-hydrogen) atoms. The first kappa shape index (κ1) is 12.0. The summed E-state index contributed by atoms with van der Waals surface area (Å²) in [6.45, 7) is 9.60. The molecule has 2 saturated carbocycles. The number of fused-ring (bicyclic) bond motifs is 2. The van der Waals surface area contributed by atoms with Crippen LogP contribution in [0.2, 0.25) is 0 Å². The molecular weight excluding hydrogens is 194 g/mol. The van der Waals surface area contributed by atoms with Crippen LogP contribution in [0, 0.1) is 29.1 Å². The van der Waals surface area contributed by atoms with E-state index in [1.807, 2.05) is 0 Å². The second-order valence-corrected chi connectivity index (χ2v) is 6.64. The number of hydrogen-bond acceptors (Lipinski definition) is 1. The highest BCUT2D eigenvalue weighted by Gasteiger charge is 2.61. The van der Waals surface area contributed by atoms with Gasteiger partial charge in [-0.2, -0.15) is 0 Å². The molecule has 0 aromatic heterocycles. The van der Waals surface area contributed by atoms with Gasteiger partial charge in [0.05, 0.1) is 0 Å². The van der Waals surface area contributed by atoms with Crippen molar-refractivity contribution < 1.29 is 0 Å². The van der Waals surface area contributed by atoms with E-state index in [2.05, 4.69) is 38.9 Å². The van der Waals surface area contributed by atoms with Gasteiger partial charge in [0.15, 0.2) is 0 Å². The van der Waals surface area contributed by atoms with Crippen molar-refractivity contribution in [2.75, 3.05) is 0 Å². The quantitative estimate of drug-likeness (QED) is 0.719. The summed E-state index contributed by atoms with van der Waals surface area (Å²) in [5, 5.41) is 3.76. The lowest BCUT2D eigenvalue weighted by atomic mass is 9.69. The van der Waals surface area contributed by atoms with E-state index in [0.717, 1.165) is 12.3 Å². The van der Waals surface area contributed by atoms with Gasteiger partial charge in [-0.05, 0) is 42.9 Å². The minimum absolute atomic E-state index is 0.460. The highest BCUT2D eigenvalue weighted by atomic mass is 15.0. The molecule has 0 radical (unpaired) electrons. The lowest BCUT2D eigenvalue weighted by Gasteiger charge is -2.40. The van der Waals surface area contributed by atoms with Crippen molar-refractivity contribution in [1.29, 1.82) is 0 Å². The molecule has 2 fully saturated rings. The Labute approximate surface area is 100 Å². The van der Waals surface area contributed by atoms with E-state index >= 15 is 0 Å². The standard InChI is InChI=1S/C15H25N/c1-6-7-11(2)16-13-10-12-8-9-15(13,5)14(12,3)4/h1,11-13,16H,7-10H2,2-5H3. The molecule has 2 aliphatic rings. The molecule has 90 valence electrons. The fourth-order valence-corrected chi connectivity index (χ4v) is 4.03. The summed E-state index contributed by atoms with van der Waals surface area (Å²) in [7, 11) is 0. The highest BCUT2D eigenvalue weighted by molar-refractivity contribution is 5.13. The van der Waals surface area contributed by atoms with Gasteiger partial charge in [-0.1, -0.05) is 20.8 Å². The smallest absolute Gasteiger partial charge is 0.0238 e. The van der Waals surface area contributed by atoms with Gasteiger partial charge in [0.1, 0.15) is 0 Å². The topological polar surface area (TPSA) is 12.0 Å². The molecule has 0 aromatic carbocycles. The summed E-state index contributed by atoms with van der Waals surface area (Å²) in [6, 6.07) is 1.13. The average Bonchev–Trinajstić information content (AvgIpc) is 2.51. The van der Waals surface area contributed by atoms with Crippen LogP contribution in [0.25, 0.3) is 0 Å². The zero-order chi connectivity index (χ0) is 12.0. The second-order valence-electron chi connectivity index (χ2n) is 6.64. The zero-order valence-corrected chi connectivity index (χ0v) is 11.1. The third kappa shape index (κ3) is 1.51. The van der Waals surface area contributed by atoms with Crippen LogP contribution in [0.3, 0.4) is 0 Å². The Morgan fingerprint density at radius 2 is 2.12 bits per heavy atom. The van der Waals surface area contributed by atoms with Gasteiger partial charge in [-0.15, -0.1) is 12.3 Å². The number of rotatable bonds is 3. The van der Waals surface area contributed by atoms with Crippen LogP contribution in [0.4, 0.5) is 0 Å². The maximum absolute atomic E-state index is 5.38. The van der Waals surface area contributed by atoms with E-state index in [1.165, 1.54) is 19.3 Å². The number of terminal acetylenes is 1. The molecule has 2 aliphatic carbocycles. The van der Waals surface area contributed by atoms with Gasteiger partial charge >= 0.3 is 0 Å². The van der Waals surface area contributed by atoms with Crippen LogP contribution in [0.1, 0.15) is 53.4 Å². The minimum atomic E-state index is 0.460. The Hall–Kier alpha value is -0.480. The Bertz CT molecular complexity index is 312. The minimum Gasteiger partial charge on any atom is -0.310 e. The number of hydrogen-bond donors (Lipinski definition) is 1. The fraction of sp³-hybridized carbons (Fsp3) is 0.867. The van der Waals surface area contributed by atoms with Crippen LogP contribution < -0.4 is 5.32 Å². The van der Waals surface area contributed by atoms with Crippen molar-refractivity contribution in [3.8, 4) is 12.3 Å². The maximum atomic E-state index is 5.38. The highest BCUT2D eigenvalue weighted by Crippen LogP contribution is 2.65. The lowest BCUT2D eigenvalue weighted by molar-refractivity contribution is 0.116. The molecular formula is C15H25N. The van der Waals surface area contributed by atoms with Gasteiger partial charge in [0.25, 0.3) is 0 Å². The molecule has 0 saturated heterocycles. The third-order valence-electron chi connectivity index (χ3n) is 5.70. The Kier molecular flexibility index (Phi) is 2.83. The lowest BCUT2D eigenvalue weighted by Crippen LogP contribution is -2.47. The van der Waals surface area contributed by atoms with Crippen molar-refractivity contribution in [2.24, 2.45) is 16.7 Å². The van der Waals surface area contributed by atoms with Crippen molar-refractivity contribution >= 4 is 0 Å². The summed E-state index contributed by atoms with van der Waals surface area (Å²) in [4.78, 5) is 0. The van der Waals surface area contributed by atoms with Gasteiger partial charge in [0.2, 0.25) is 0 Å². The predicted molar refractivity (Wildman–Crippen MR) is 69.1 cm³/mol. The average molecular weight is 219 g/mol. The molecule has 2 rings (SSSR count). The molecule has 0 aromatic rings. The third-order valence-corrected chi connectivity index (χ3v) is 5.70. The van der Waals surface area contributed by atoms with Crippen molar-refractivity contribution in [3.63, 3.8) is 0 Å². The fourth-order valence-electron chi connectivity index (χ4n) is 4.03. The van der Waals surface area contributed by atoms with E-state index in [1.54, 1.807) is 0 Å². The van der Waals surface area contributed by atoms with E-state index in [0.29, 0.717) is 22.9 Å². The van der Waals surface area contributed by atoms with Crippen LogP contribution in [-0.4, -0.2) is 12.1 Å². The Morgan fingerprint density at radius 3 is 2.56 bits per heavy atom. The van der Waals surface area contributed by atoms with Gasteiger partial charge < -0.3 is 5.32 Å². The van der Waals surface area contributed by atoms with Crippen molar-refractivity contribution in [1.82, 2.24) is 5.32 Å². The van der Waals surface area contributed by atoms with E-state index in [4.69, 9.17) is 6.42 Å². The molecule has 4 unspecified atom stereocenters. The first-order chi connectivity index (χ1) is 7.41. The van der Waals surface area contributed by atoms with Crippen LogP contribution in [-0.2, 0) is 0 Å². The normalized spacial score (nSPS) is 41.9. The first-order valence-corrected chi connectivity index (χ1v) is 6.61. The van der Waals surface area contributed by atoms with E-state index in [9.17, 15) is 0 Å². The molecule has 1 nitrogen and oxygen atoms in total. The molecule has 0 spiro atoms. The maximum Gasteiger partial charge on any atom is 0.0238 e. The Morgan fingerprint density at radius 1 is 1.44 bits per heavy atom. The SMILES string of the molecule is C#CCC(C)NC1CC2CCC1(C)C2(C)C. The summed E-state index contributed by atoms with van der Waals surface area (Å²) >= 11 is 0.